The molecule has 1 aliphatic rings. The van der Waals surface area contributed by atoms with Gasteiger partial charge >= 0.3 is 12.4 Å². The molecule has 2 aromatic rings. The molecule has 0 unspecified atom stereocenters. The molecule has 0 spiro atoms. The summed E-state index contributed by atoms with van der Waals surface area (Å²) in [6.45, 7) is 3.40. The number of amides is 1. The van der Waals surface area contributed by atoms with E-state index in [9.17, 15) is 31.1 Å². The van der Waals surface area contributed by atoms with Crippen LogP contribution in [0.3, 0.4) is 0 Å². The van der Waals surface area contributed by atoms with Crippen LogP contribution in [0.25, 0.3) is 0 Å². The van der Waals surface area contributed by atoms with Crippen LogP contribution in [0.1, 0.15) is 28.3 Å². The number of alkyl halides is 6. The number of morpholine rings is 1. The monoisotopic (exact) mass is 489 g/mol. The van der Waals surface area contributed by atoms with Gasteiger partial charge in [0.1, 0.15) is 6.04 Å². The van der Waals surface area contributed by atoms with E-state index in [1.54, 1.807) is 30.3 Å². The molecule has 0 aromatic heterocycles. The van der Waals surface area contributed by atoms with Crippen molar-refractivity contribution < 1.29 is 35.9 Å². The lowest BCUT2D eigenvalue weighted by atomic mass is 10.0. The zero-order chi connectivity index (χ0) is 24.8. The number of ether oxygens (including phenoxy) is 1. The molecular formula is C23H25F6N3O2. The van der Waals surface area contributed by atoms with Crippen LogP contribution < -0.4 is 10.6 Å². The summed E-state index contributed by atoms with van der Waals surface area (Å²) in [5.74, 6) is -0.556. The van der Waals surface area contributed by atoms with Crippen molar-refractivity contribution in [2.24, 2.45) is 0 Å². The summed E-state index contributed by atoms with van der Waals surface area (Å²) < 4.78 is 83.9. The van der Waals surface area contributed by atoms with Gasteiger partial charge < -0.3 is 15.4 Å². The number of nitrogens with zero attached hydrogens (tertiary/aromatic N) is 1. The molecule has 2 N–H and O–H groups in total. The van der Waals surface area contributed by atoms with E-state index in [1.807, 2.05) is 0 Å². The van der Waals surface area contributed by atoms with Gasteiger partial charge in [-0.15, -0.1) is 0 Å². The second-order valence-electron chi connectivity index (χ2n) is 7.88. The van der Waals surface area contributed by atoms with Gasteiger partial charge in [-0.3, -0.25) is 9.69 Å². The van der Waals surface area contributed by atoms with Gasteiger partial charge in [-0.2, -0.15) is 26.3 Å². The predicted octanol–water partition coefficient (Wildman–Crippen LogP) is 4.00. The first-order valence-electron chi connectivity index (χ1n) is 10.7. The Morgan fingerprint density at radius 2 is 1.53 bits per heavy atom. The molecule has 1 saturated heterocycles. The van der Waals surface area contributed by atoms with Crippen molar-refractivity contribution in [3.8, 4) is 0 Å². The van der Waals surface area contributed by atoms with Crippen molar-refractivity contribution in [2.45, 2.75) is 24.9 Å². The largest absolute Gasteiger partial charge is 0.416 e. The van der Waals surface area contributed by atoms with Gasteiger partial charge in [0.05, 0.1) is 24.3 Å². The van der Waals surface area contributed by atoms with Gasteiger partial charge in [0, 0.05) is 32.7 Å². The molecule has 5 nitrogen and oxygen atoms in total. The molecule has 0 aliphatic carbocycles. The van der Waals surface area contributed by atoms with E-state index in [-0.39, 0.29) is 11.6 Å². The van der Waals surface area contributed by atoms with Crippen LogP contribution in [-0.2, 0) is 28.4 Å². The lowest BCUT2D eigenvalue weighted by molar-refractivity contribution is -0.143. The molecule has 186 valence electrons. The Kier molecular flexibility index (Phi) is 8.56. The highest BCUT2D eigenvalue weighted by molar-refractivity contribution is 5.83. The molecule has 1 amide bonds. The molecule has 1 aliphatic heterocycles. The maximum Gasteiger partial charge on any atom is 0.416 e. The molecule has 0 radical (unpaired) electrons. The average Bonchev–Trinajstić information content (AvgIpc) is 2.80. The van der Waals surface area contributed by atoms with E-state index >= 15 is 0 Å². The van der Waals surface area contributed by atoms with Crippen molar-refractivity contribution >= 4 is 5.91 Å². The second-order valence-corrected chi connectivity index (χ2v) is 7.88. The quantitative estimate of drug-likeness (QED) is 0.551. The summed E-state index contributed by atoms with van der Waals surface area (Å²) in [5.41, 5.74) is -2.51. The highest BCUT2D eigenvalue weighted by Crippen LogP contribution is 2.36. The molecule has 11 heteroatoms. The summed E-state index contributed by atoms with van der Waals surface area (Å²) in [7, 11) is 0. The Bertz CT molecular complexity index is 912. The van der Waals surface area contributed by atoms with Gasteiger partial charge in [0.25, 0.3) is 0 Å². The van der Waals surface area contributed by atoms with E-state index in [1.165, 1.54) is 0 Å². The molecule has 1 heterocycles. The number of hydrogen-bond donors (Lipinski definition) is 2. The normalized spacial score (nSPS) is 16.3. The highest BCUT2D eigenvalue weighted by Gasteiger charge is 2.37. The van der Waals surface area contributed by atoms with Crippen molar-refractivity contribution in [1.82, 2.24) is 15.5 Å². The standard InChI is InChI=1S/C23H25F6N3O2/c24-22(25,26)18-12-16(13-19(14-18)23(27,28)29)15-31-21(33)20(17-4-2-1-3-5-17)30-6-7-32-8-10-34-11-9-32/h1-5,12-14,20,30H,6-11,15H2,(H,31,33)/t20-/m0/s1. The third-order valence-electron chi connectivity index (χ3n) is 5.39. The topological polar surface area (TPSA) is 53.6 Å². The number of hydrogen-bond acceptors (Lipinski definition) is 4. The van der Waals surface area contributed by atoms with Crippen LogP contribution in [0.5, 0.6) is 0 Å². The van der Waals surface area contributed by atoms with E-state index < -0.39 is 42.0 Å². The van der Waals surface area contributed by atoms with Crippen molar-refractivity contribution in [1.29, 1.82) is 0 Å². The van der Waals surface area contributed by atoms with Crippen LogP contribution in [0.2, 0.25) is 0 Å². The Morgan fingerprint density at radius 3 is 2.09 bits per heavy atom. The van der Waals surface area contributed by atoms with E-state index in [0.29, 0.717) is 44.0 Å². The van der Waals surface area contributed by atoms with Gasteiger partial charge in [0.15, 0.2) is 0 Å². The minimum absolute atomic E-state index is 0.0608. The molecular weight excluding hydrogens is 464 g/mol. The molecule has 2 aromatic carbocycles. The average molecular weight is 489 g/mol. The first-order valence-corrected chi connectivity index (χ1v) is 10.7. The summed E-state index contributed by atoms with van der Waals surface area (Å²) in [6, 6.07) is 9.14. The predicted molar refractivity (Wildman–Crippen MR) is 113 cm³/mol. The number of carbonyl (C=O) groups is 1. The van der Waals surface area contributed by atoms with Gasteiger partial charge in [-0.25, -0.2) is 0 Å². The SMILES string of the molecule is O=C(NCc1cc(C(F)(F)F)cc(C(F)(F)F)c1)[C@@H](NCCN1CCOCC1)c1ccccc1. The number of benzene rings is 2. The van der Waals surface area contributed by atoms with Crippen molar-refractivity contribution in [3.05, 3.63) is 70.8 Å². The second kappa shape index (κ2) is 11.2. The minimum Gasteiger partial charge on any atom is -0.379 e. The minimum atomic E-state index is -4.95. The molecule has 0 bridgehead atoms. The van der Waals surface area contributed by atoms with Crippen LogP contribution in [0.15, 0.2) is 48.5 Å². The number of rotatable bonds is 8. The van der Waals surface area contributed by atoms with Crippen molar-refractivity contribution in [3.63, 3.8) is 0 Å². The highest BCUT2D eigenvalue weighted by atomic mass is 19.4. The number of nitrogens with one attached hydrogen (secondary N) is 2. The molecule has 1 fully saturated rings. The Labute approximate surface area is 193 Å². The number of carbonyl (C=O) groups excluding carboxylic acids is 1. The van der Waals surface area contributed by atoms with Gasteiger partial charge in [-0.1, -0.05) is 30.3 Å². The molecule has 34 heavy (non-hydrogen) atoms. The third-order valence-corrected chi connectivity index (χ3v) is 5.39. The fourth-order valence-electron chi connectivity index (χ4n) is 3.61. The van der Waals surface area contributed by atoms with E-state index in [2.05, 4.69) is 15.5 Å². The van der Waals surface area contributed by atoms with Crippen LogP contribution in [-0.4, -0.2) is 50.2 Å². The number of halogens is 6. The van der Waals surface area contributed by atoms with Crippen LogP contribution >= 0.6 is 0 Å². The Balaban J connectivity index is 1.71. The van der Waals surface area contributed by atoms with E-state index in [0.717, 1.165) is 13.1 Å². The summed E-state index contributed by atoms with van der Waals surface area (Å²) >= 11 is 0. The van der Waals surface area contributed by atoms with Crippen molar-refractivity contribution in [2.75, 3.05) is 39.4 Å². The first-order chi connectivity index (χ1) is 16.0. The lowest BCUT2D eigenvalue weighted by Crippen LogP contribution is -2.43. The maximum atomic E-state index is 13.1. The first kappa shape index (κ1) is 26.0. The zero-order valence-electron chi connectivity index (χ0n) is 18.2. The molecule has 3 rings (SSSR count). The summed E-state index contributed by atoms with van der Waals surface area (Å²) in [6.07, 6.45) is -9.90. The lowest BCUT2D eigenvalue weighted by Gasteiger charge is -2.27. The van der Waals surface area contributed by atoms with Gasteiger partial charge in [-0.05, 0) is 29.3 Å². The maximum absolute atomic E-state index is 13.1. The fourth-order valence-corrected chi connectivity index (χ4v) is 3.61. The Hall–Kier alpha value is -2.63. The van der Waals surface area contributed by atoms with Gasteiger partial charge in [0.2, 0.25) is 5.91 Å². The Morgan fingerprint density at radius 1 is 0.941 bits per heavy atom. The van der Waals surface area contributed by atoms with E-state index in [4.69, 9.17) is 4.74 Å². The zero-order valence-corrected chi connectivity index (χ0v) is 18.2. The van der Waals surface area contributed by atoms with Crippen LogP contribution in [0, 0.1) is 0 Å². The molecule has 0 saturated carbocycles. The smallest absolute Gasteiger partial charge is 0.379 e. The fraction of sp³-hybridized carbons (Fsp3) is 0.435. The third kappa shape index (κ3) is 7.44. The summed E-state index contributed by atoms with van der Waals surface area (Å²) in [5, 5.41) is 5.61. The summed E-state index contributed by atoms with van der Waals surface area (Å²) in [4.78, 5) is 15.1. The van der Waals surface area contributed by atoms with Crippen LogP contribution in [0.4, 0.5) is 26.3 Å². The molecule has 1 atom stereocenters.